The molecule has 2 aromatic carbocycles. The first-order valence-corrected chi connectivity index (χ1v) is 9.02. The molecule has 134 valence electrons. The number of carbonyl (C=O) groups is 1. The predicted molar refractivity (Wildman–Crippen MR) is 101 cm³/mol. The Labute approximate surface area is 162 Å². The van der Waals surface area contributed by atoms with E-state index in [1.165, 1.54) is 16.8 Å². The minimum atomic E-state index is -0.359. The molecule has 0 aliphatic rings. The van der Waals surface area contributed by atoms with Crippen molar-refractivity contribution in [3.05, 3.63) is 58.3 Å². The summed E-state index contributed by atoms with van der Waals surface area (Å²) in [5.74, 6) is 5.71. The largest absolute Gasteiger partial charge is 0.335 e. The van der Waals surface area contributed by atoms with Crippen molar-refractivity contribution in [2.24, 2.45) is 0 Å². The summed E-state index contributed by atoms with van der Waals surface area (Å²) in [7, 11) is 0. The number of hydrogen-bond donors (Lipinski definition) is 2. The summed E-state index contributed by atoms with van der Waals surface area (Å²) in [4.78, 5) is 12.1. The Morgan fingerprint density at radius 2 is 1.92 bits per heavy atom. The van der Waals surface area contributed by atoms with Crippen molar-refractivity contribution >= 4 is 46.6 Å². The van der Waals surface area contributed by atoms with Crippen LogP contribution in [0.25, 0.3) is 11.4 Å². The number of nitrogens with one attached hydrogen (secondary N) is 1. The molecule has 3 N–H and O–H groups in total. The van der Waals surface area contributed by atoms with Gasteiger partial charge >= 0.3 is 0 Å². The normalized spacial score (nSPS) is 10.7. The van der Waals surface area contributed by atoms with E-state index in [1.807, 2.05) is 0 Å². The van der Waals surface area contributed by atoms with Gasteiger partial charge in [0.25, 0.3) is 0 Å². The maximum Gasteiger partial charge on any atom is 0.234 e. The first kappa shape index (κ1) is 18.5. The van der Waals surface area contributed by atoms with Gasteiger partial charge in [0.05, 0.1) is 16.5 Å². The maximum atomic E-state index is 13.0. The van der Waals surface area contributed by atoms with Gasteiger partial charge in [-0.3, -0.25) is 4.79 Å². The summed E-state index contributed by atoms with van der Waals surface area (Å²) in [6.07, 6.45) is 0. The van der Waals surface area contributed by atoms with Gasteiger partial charge in [-0.15, -0.1) is 10.2 Å². The van der Waals surface area contributed by atoms with Crippen molar-refractivity contribution in [3.8, 4) is 11.4 Å². The van der Waals surface area contributed by atoms with Gasteiger partial charge in [-0.25, -0.2) is 9.07 Å². The zero-order valence-corrected chi connectivity index (χ0v) is 15.4. The zero-order valence-electron chi connectivity index (χ0n) is 13.1. The Morgan fingerprint density at radius 1 is 1.19 bits per heavy atom. The monoisotopic (exact) mass is 411 g/mol. The van der Waals surface area contributed by atoms with E-state index in [-0.39, 0.29) is 17.5 Å². The van der Waals surface area contributed by atoms with E-state index in [0.717, 1.165) is 11.8 Å². The highest BCUT2D eigenvalue weighted by atomic mass is 35.5. The molecule has 3 aromatic rings. The third kappa shape index (κ3) is 4.27. The SMILES string of the molecule is Nn1c(SCC(=O)Nc2cc(Cl)ccc2Cl)nnc1-c1ccc(F)cc1. The lowest BCUT2D eigenvalue weighted by Crippen LogP contribution is -2.16. The molecule has 0 bridgehead atoms. The molecule has 0 aliphatic carbocycles. The average molecular weight is 412 g/mol. The Hall–Kier alpha value is -2.29. The molecule has 0 atom stereocenters. The highest BCUT2D eigenvalue weighted by molar-refractivity contribution is 7.99. The zero-order chi connectivity index (χ0) is 18.7. The fourth-order valence-electron chi connectivity index (χ4n) is 2.08. The van der Waals surface area contributed by atoms with Crippen LogP contribution in [0.15, 0.2) is 47.6 Å². The smallest absolute Gasteiger partial charge is 0.234 e. The number of rotatable bonds is 5. The summed E-state index contributed by atoms with van der Waals surface area (Å²) >= 11 is 13.0. The third-order valence-electron chi connectivity index (χ3n) is 3.30. The van der Waals surface area contributed by atoms with Crippen LogP contribution < -0.4 is 11.2 Å². The van der Waals surface area contributed by atoms with E-state index in [2.05, 4.69) is 15.5 Å². The van der Waals surface area contributed by atoms with Crippen molar-refractivity contribution in [1.82, 2.24) is 14.9 Å². The average Bonchev–Trinajstić information content (AvgIpc) is 2.98. The Morgan fingerprint density at radius 3 is 2.65 bits per heavy atom. The molecule has 1 heterocycles. The maximum absolute atomic E-state index is 13.0. The number of nitrogens with zero attached hydrogens (tertiary/aromatic N) is 3. The number of carbonyl (C=O) groups excluding carboxylic acids is 1. The molecule has 0 fully saturated rings. The van der Waals surface area contributed by atoms with Gasteiger partial charge in [-0.2, -0.15) is 0 Å². The molecular formula is C16H12Cl2FN5OS. The van der Waals surface area contributed by atoms with Gasteiger partial charge in [0.2, 0.25) is 11.1 Å². The summed E-state index contributed by atoms with van der Waals surface area (Å²) in [6.45, 7) is 0. The molecule has 0 saturated heterocycles. The van der Waals surface area contributed by atoms with Crippen molar-refractivity contribution in [2.45, 2.75) is 5.16 Å². The lowest BCUT2D eigenvalue weighted by Gasteiger charge is -2.07. The van der Waals surface area contributed by atoms with Gasteiger partial charge in [0.15, 0.2) is 5.82 Å². The molecule has 0 saturated carbocycles. The molecule has 0 radical (unpaired) electrons. The number of aromatic nitrogens is 3. The van der Waals surface area contributed by atoms with Gasteiger partial charge in [-0.05, 0) is 42.5 Å². The van der Waals surface area contributed by atoms with E-state index in [1.54, 1.807) is 30.3 Å². The minimum absolute atomic E-state index is 0.0432. The molecule has 0 spiro atoms. The van der Waals surface area contributed by atoms with Crippen molar-refractivity contribution in [3.63, 3.8) is 0 Å². The quantitative estimate of drug-likeness (QED) is 0.491. The molecular weight excluding hydrogens is 400 g/mol. The number of halogens is 3. The summed E-state index contributed by atoms with van der Waals surface area (Å²) in [5, 5.41) is 11.8. The van der Waals surface area contributed by atoms with Crippen LogP contribution in [0.4, 0.5) is 10.1 Å². The second-order valence-corrected chi connectivity index (χ2v) is 6.93. The molecule has 0 unspecified atom stereocenters. The number of nitrogen functional groups attached to an aromatic ring is 1. The van der Waals surface area contributed by atoms with E-state index >= 15 is 0 Å². The molecule has 1 amide bonds. The van der Waals surface area contributed by atoms with Gasteiger partial charge in [0.1, 0.15) is 5.82 Å². The van der Waals surface area contributed by atoms with Crippen LogP contribution >= 0.6 is 35.0 Å². The van der Waals surface area contributed by atoms with E-state index in [0.29, 0.717) is 32.3 Å². The first-order chi connectivity index (χ1) is 12.4. The topological polar surface area (TPSA) is 85.8 Å². The summed E-state index contributed by atoms with van der Waals surface area (Å²) in [5.41, 5.74) is 1.04. The second-order valence-electron chi connectivity index (χ2n) is 5.14. The van der Waals surface area contributed by atoms with Crippen LogP contribution in [0.1, 0.15) is 0 Å². The predicted octanol–water partition coefficient (Wildman–Crippen LogP) is 3.84. The third-order valence-corrected chi connectivity index (χ3v) is 4.81. The Balaban J connectivity index is 1.65. The standard InChI is InChI=1S/C16H12Cl2FN5OS/c17-10-3-6-12(18)13(7-10)21-14(25)8-26-16-23-22-15(24(16)20)9-1-4-11(19)5-2-9/h1-7H,8,20H2,(H,21,25). The number of nitrogens with two attached hydrogens (primary N) is 1. The van der Waals surface area contributed by atoms with Crippen LogP contribution in [0, 0.1) is 5.82 Å². The molecule has 10 heteroatoms. The van der Waals surface area contributed by atoms with Crippen LogP contribution in [-0.4, -0.2) is 26.5 Å². The van der Waals surface area contributed by atoms with Gasteiger partial charge in [-0.1, -0.05) is 35.0 Å². The molecule has 0 aliphatic heterocycles. The number of hydrogen-bond acceptors (Lipinski definition) is 5. The minimum Gasteiger partial charge on any atom is -0.335 e. The van der Waals surface area contributed by atoms with E-state index in [9.17, 15) is 9.18 Å². The van der Waals surface area contributed by atoms with Crippen LogP contribution in [0.3, 0.4) is 0 Å². The van der Waals surface area contributed by atoms with Crippen molar-refractivity contribution in [2.75, 3.05) is 16.9 Å². The molecule has 26 heavy (non-hydrogen) atoms. The summed E-state index contributed by atoms with van der Waals surface area (Å²) < 4.78 is 14.3. The van der Waals surface area contributed by atoms with Crippen molar-refractivity contribution < 1.29 is 9.18 Å². The molecule has 3 rings (SSSR count). The number of amides is 1. The lowest BCUT2D eigenvalue weighted by molar-refractivity contribution is -0.113. The fourth-order valence-corrected chi connectivity index (χ4v) is 3.07. The van der Waals surface area contributed by atoms with Gasteiger partial charge in [0, 0.05) is 10.6 Å². The van der Waals surface area contributed by atoms with E-state index < -0.39 is 0 Å². The number of anilines is 1. The van der Waals surface area contributed by atoms with Crippen LogP contribution in [0.2, 0.25) is 10.0 Å². The second kappa shape index (κ2) is 7.94. The Bertz CT molecular complexity index is 948. The fraction of sp³-hybridized carbons (Fsp3) is 0.0625. The lowest BCUT2D eigenvalue weighted by atomic mass is 10.2. The molecule has 6 nitrogen and oxygen atoms in total. The van der Waals surface area contributed by atoms with Crippen molar-refractivity contribution in [1.29, 1.82) is 0 Å². The number of benzene rings is 2. The number of thioether (sulfide) groups is 1. The Kier molecular flexibility index (Phi) is 5.65. The first-order valence-electron chi connectivity index (χ1n) is 7.28. The van der Waals surface area contributed by atoms with Crippen LogP contribution in [0.5, 0.6) is 0 Å². The highest BCUT2D eigenvalue weighted by Crippen LogP contribution is 2.26. The highest BCUT2D eigenvalue weighted by Gasteiger charge is 2.14. The van der Waals surface area contributed by atoms with Gasteiger partial charge < -0.3 is 11.2 Å². The van der Waals surface area contributed by atoms with E-state index in [4.69, 9.17) is 29.0 Å². The van der Waals surface area contributed by atoms with Crippen LogP contribution in [-0.2, 0) is 4.79 Å². The summed E-state index contributed by atoms with van der Waals surface area (Å²) in [6, 6.07) is 10.5. The molecule has 1 aromatic heterocycles.